The summed E-state index contributed by atoms with van der Waals surface area (Å²) in [6.07, 6.45) is 2.23. The van der Waals surface area contributed by atoms with Gasteiger partial charge in [-0.15, -0.1) is 0 Å². The molecule has 0 radical (unpaired) electrons. The lowest BCUT2D eigenvalue weighted by atomic mass is 10.0. The highest BCUT2D eigenvalue weighted by Gasteiger charge is 2.28. The second-order valence-corrected chi connectivity index (χ2v) is 6.79. The Morgan fingerprint density at radius 1 is 0.792 bits per heavy atom. The van der Waals surface area contributed by atoms with E-state index in [-0.39, 0.29) is 0 Å². The van der Waals surface area contributed by atoms with E-state index in [1.165, 1.54) is 27.9 Å². The van der Waals surface area contributed by atoms with Crippen LogP contribution in [-0.4, -0.2) is 6.04 Å². The average Bonchev–Trinajstić information content (AvgIpc) is 2.95. The molecule has 24 heavy (non-hydrogen) atoms. The first-order valence-corrected chi connectivity index (χ1v) is 8.73. The fraction of sp³-hybridized carbons (Fsp3) is 0.217. The average molecular weight is 313 g/mol. The molecule has 4 rings (SSSR count). The molecule has 0 fully saturated rings. The molecule has 3 aromatic carbocycles. The van der Waals surface area contributed by atoms with Crippen molar-refractivity contribution in [3.05, 3.63) is 101 Å². The highest BCUT2D eigenvalue weighted by atomic mass is 15.2. The first-order valence-electron chi connectivity index (χ1n) is 8.73. The van der Waals surface area contributed by atoms with E-state index in [1.807, 2.05) is 0 Å². The first-order chi connectivity index (χ1) is 11.8. The maximum absolute atomic E-state index is 2.59. The Hall–Kier alpha value is -2.54. The molecule has 1 heterocycles. The van der Waals surface area contributed by atoms with Crippen LogP contribution in [-0.2, 0) is 19.4 Å². The number of aryl methyl sites for hydroxylation is 1. The predicted octanol–water partition coefficient (Wildman–Crippen LogP) is 5.17. The zero-order chi connectivity index (χ0) is 16.4. The van der Waals surface area contributed by atoms with Crippen molar-refractivity contribution in [2.24, 2.45) is 0 Å². The summed E-state index contributed by atoms with van der Waals surface area (Å²) in [7, 11) is 0. The molecule has 0 N–H and O–H groups in total. The molecule has 0 spiro atoms. The Morgan fingerprint density at radius 2 is 1.50 bits per heavy atom. The van der Waals surface area contributed by atoms with E-state index in [0.717, 1.165) is 19.4 Å². The Balaban J connectivity index is 1.61. The van der Waals surface area contributed by atoms with Gasteiger partial charge in [-0.25, -0.2) is 0 Å². The van der Waals surface area contributed by atoms with E-state index in [1.54, 1.807) is 0 Å². The van der Waals surface area contributed by atoms with E-state index in [9.17, 15) is 0 Å². The third kappa shape index (κ3) is 3.07. The van der Waals surface area contributed by atoms with Crippen LogP contribution in [0.3, 0.4) is 0 Å². The second kappa shape index (κ2) is 6.52. The molecule has 0 saturated carbocycles. The maximum atomic E-state index is 2.59. The van der Waals surface area contributed by atoms with Crippen molar-refractivity contribution in [2.45, 2.75) is 32.4 Å². The van der Waals surface area contributed by atoms with Gasteiger partial charge in [-0.1, -0.05) is 78.4 Å². The van der Waals surface area contributed by atoms with Gasteiger partial charge in [0.25, 0.3) is 0 Å². The van der Waals surface area contributed by atoms with Crippen LogP contribution in [0.1, 0.15) is 22.3 Å². The number of hydrogen-bond donors (Lipinski definition) is 0. The number of anilines is 1. The summed E-state index contributed by atoms with van der Waals surface area (Å²) in [5, 5.41) is 0. The molecule has 3 aromatic rings. The van der Waals surface area contributed by atoms with Crippen molar-refractivity contribution >= 4 is 5.69 Å². The molecule has 1 nitrogen and oxygen atoms in total. The van der Waals surface area contributed by atoms with Crippen LogP contribution < -0.4 is 4.90 Å². The van der Waals surface area contributed by atoms with E-state index in [0.29, 0.717) is 6.04 Å². The molecule has 1 aliphatic heterocycles. The predicted molar refractivity (Wildman–Crippen MR) is 101 cm³/mol. The Labute approximate surface area is 144 Å². The molecule has 0 saturated heterocycles. The first kappa shape index (κ1) is 15.0. The lowest BCUT2D eigenvalue weighted by Gasteiger charge is -2.28. The fourth-order valence-electron chi connectivity index (χ4n) is 3.70. The van der Waals surface area contributed by atoms with Crippen molar-refractivity contribution < 1.29 is 0 Å². The summed E-state index contributed by atoms with van der Waals surface area (Å²) in [5.41, 5.74) is 7.01. The second-order valence-electron chi connectivity index (χ2n) is 6.79. The summed E-state index contributed by atoms with van der Waals surface area (Å²) in [6.45, 7) is 3.13. The highest BCUT2D eigenvalue weighted by molar-refractivity contribution is 5.60. The standard InChI is InChI=1S/C23H23N/c1-18-11-13-19(14-12-18)15-22-16-21-9-5-6-10-23(21)24(22)17-20-7-3-2-4-8-20/h2-14,22H,15-17H2,1H3. The summed E-state index contributed by atoms with van der Waals surface area (Å²) >= 11 is 0. The molecule has 1 atom stereocenters. The van der Waals surface area contributed by atoms with Crippen molar-refractivity contribution in [3.8, 4) is 0 Å². The van der Waals surface area contributed by atoms with Gasteiger partial charge in [0.15, 0.2) is 0 Å². The largest absolute Gasteiger partial charge is 0.363 e. The Morgan fingerprint density at radius 3 is 2.29 bits per heavy atom. The van der Waals surface area contributed by atoms with Gasteiger partial charge in [0.1, 0.15) is 0 Å². The number of benzene rings is 3. The molecule has 0 aliphatic carbocycles. The fourth-order valence-corrected chi connectivity index (χ4v) is 3.70. The van der Waals surface area contributed by atoms with Crippen molar-refractivity contribution in [1.29, 1.82) is 0 Å². The number of fused-ring (bicyclic) bond motifs is 1. The van der Waals surface area contributed by atoms with Gasteiger partial charge in [0, 0.05) is 18.3 Å². The van der Waals surface area contributed by atoms with Gasteiger partial charge in [0.2, 0.25) is 0 Å². The SMILES string of the molecule is Cc1ccc(CC2Cc3ccccc3N2Cc2ccccc2)cc1. The van der Waals surface area contributed by atoms with E-state index in [4.69, 9.17) is 0 Å². The third-order valence-corrected chi connectivity index (χ3v) is 4.99. The smallest absolute Gasteiger partial charge is 0.0432 e. The van der Waals surface area contributed by atoms with Crippen LogP contribution in [0.25, 0.3) is 0 Å². The molecule has 1 unspecified atom stereocenters. The quantitative estimate of drug-likeness (QED) is 0.642. The Bertz CT molecular complexity index is 805. The van der Waals surface area contributed by atoms with Gasteiger partial charge in [-0.05, 0) is 42.5 Å². The molecule has 1 heteroatoms. The maximum Gasteiger partial charge on any atom is 0.0432 e. The molecule has 0 bridgehead atoms. The lowest BCUT2D eigenvalue weighted by Crippen LogP contribution is -2.33. The van der Waals surface area contributed by atoms with E-state index >= 15 is 0 Å². The van der Waals surface area contributed by atoms with Crippen molar-refractivity contribution in [2.75, 3.05) is 4.90 Å². The summed E-state index contributed by atoms with van der Waals surface area (Å²) < 4.78 is 0. The van der Waals surface area contributed by atoms with Crippen LogP contribution >= 0.6 is 0 Å². The minimum atomic E-state index is 0.533. The number of nitrogens with zero attached hydrogens (tertiary/aromatic N) is 1. The zero-order valence-corrected chi connectivity index (χ0v) is 14.2. The van der Waals surface area contributed by atoms with E-state index < -0.39 is 0 Å². The van der Waals surface area contributed by atoms with Crippen LogP contribution in [0.2, 0.25) is 0 Å². The number of hydrogen-bond acceptors (Lipinski definition) is 1. The van der Waals surface area contributed by atoms with Gasteiger partial charge in [-0.3, -0.25) is 0 Å². The molecule has 0 amide bonds. The van der Waals surface area contributed by atoms with Crippen LogP contribution in [0.4, 0.5) is 5.69 Å². The minimum absolute atomic E-state index is 0.533. The van der Waals surface area contributed by atoms with Crippen LogP contribution in [0.5, 0.6) is 0 Å². The lowest BCUT2D eigenvalue weighted by molar-refractivity contribution is 0.616. The minimum Gasteiger partial charge on any atom is -0.363 e. The number of para-hydroxylation sites is 1. The molecular weight excluding hydrogens is 290 g/mol. The monoisotopic (exact) mass is 313 g/mol. The number of rotatable bonds is 4. The van der Waals surface area contributed by atoms with Crippen molar-refractivity contribution in [3.63, 3.8) is 0 Å². The Kier molecular flexibility index (Phi) is 4.08. The molecule has 1 aliphatic rings. The van der Waals surface area contributed by atoms with Gasteiger partial charge < -0.3 is 4.90 Å². The van der Waals surface area contributed by atoms with Crippen molar-refractivity contribution in [1.82, 2.24) is 0 Å². The zero-order valence-electron chi connectivity index (χ0n) is 14.2. The van der Waals surface area contributed by atoms with Gasteiger partial charge in [0.05, 0.1) is 0 Å². The molecule has 120 valence electrons. The van der Waals surface area contributed by atoms with Crippen LogP contribution in [0.15, 0.2) is 78.9 Å². The molecular formula is C23H23N. The highest BCUT2D eigenvalue weighted by Crippen LogP contribution is 2.34. The normalized spacial score (nSPS) is 16.2. The molecule has 0 aromatic heterocycles. The van der Waals surface area contributed by atoms with Gasteiger partial charge >= 0.3 is 0 Å². The summed E-state index contributed by atoms with van der Waals surface area (Å²) in [6, 6.07) is 29.2. The summed E-state index contributed by atoms with van der Waals surface area (Å²) in [5.74, 6) is 0. The topological polar surface area (TPSA) is 3.24 Å². The van der Waals surface area contributed by atoms with Crippen LogP contribution in [0, 0.1) is 6.92 Å². The third-order valence-electron chi connectivity index (χ3n) is 4.99. The summed E-state index contributed by atoms with van der Waals surface area (Å²) in [4.78, 5) is 2.59. The van der Waals surface area contributed by atoms with E-state index in [2.05, 4.69) is 90.7 Å². The van der Waals surface area contributed by atoms with Gasteiger partial charge in [-0.2, -0.15) is 0 Å².